The Balaban J connectivity index is 2.03. The molecule has 0 bridgehead atoms. The van der Waals surface area contributed by atoms with E-state index < -0.39 is 0 Å². The molecule has 0 fully saturated rings. The van der Waals surface area contributed by atoms with E-state index in [1.807, 2.05) is 0 Å². The van der Waals surface area contributed by atoms with E-state index >= 15 is 0 Å². The first kappa shape index (κ1) is 14.4. The molecule has 21 heavy (non-hydrogen) atoms. The molecule has 0 radical (unpaired) electrons. The van der Waals surface area contributed by atoms with Crippen molar-refractivity contribution in [3.05, 3.63) is 77.6 Å². The van der Waals surface area contributed by atoms with Gasteiger partial charge in [-0.1, -0.05) is 30.4 Å². The van der Waals surface area contributed by atoms with E-state index in [9.17, 15) is 15.0 Å². The first-order chi connectivity index (χ1) is 10.1. The van der Waals surface area contributed by atoms with Crippen LogP contribution >= 0.6 is 0 Å². The number of aliphatic hydroxyl groups is 1. The van der Waals surface area contributed by atoms with Gasteiger partial charge in [0, 0.05) is 23.3 Å². The molecule has 3 N–H and O–H groups in total. The Bertz CT molecular complexity index is 704. The summed E-state index contributed by atoms with van der Waals surface area (Å²) in [6, 6.07) is 4.34. The number of hydrogen-bond acceptors (Lipinski definition) is 4. The largest absolute Gasteiger partial charge is 0.508 e. The monoisotopic (exact) mass is 282 g/mol. The summed E-state index contributed by atoms with van der Waals surface area (Å²) in [5.41, 5.74) is 1.13. The molecule has 0 atom stereocenters. The Morgan fingerprint density at radius 1 is 0.952 bits per heavy atom. The third-order valence-electron chi connectivity index (χ3n) is 2.79. The molecule has 0 saturated heterocycles. The fourth-order valence-electron chi connectivity index (χ4n) is 1.72. The third kappa shape index (κ3) is 3.98. The number of benzene rings is 1. The highest BCUT2D eigenvalue weighted by atomic mass is 16.3. The number of aromatic hydroxyl groups is 2. The van der Waals surface area contributed by atoms with Crippen LogP contribution in [0.3, 0.4) is 0 Å². The summed E-state index contributed by atoms with van der Waals surface area (Å²) in [6.07, 6.45) is 12.5. The lowest BCUT2D eigenvalue weighted by Gasteiger charge is -2.03. The molecule has 1 aromatic rings. The number of allylic oxidation sites excluding steroid dienone is 7. The lowest BCUT2D eigenvalue weighted by molar-refractivity contribution is -0.110. The summed E-state index contributed by atoms with van der Waals surface area (Å²) in [6.45, 7) is 0. The lowest BCUT2D eigenvalue weighted by Crippen LogP contribution is -1.98. The van der Waals surface area contributed by atoms with Crippen molar-refractivity contribution in [2.24, 2.45) is 0 Å². The van der Waals surface area contributed by atoms with Crippen molar-refractivity contribution in [1.29, 1.82) is 0 Å². The fraction of sp³-hybridized carbons (Fsp3) is 0. The van der Waals surface area contributed by atoms with Gasteiger partial charge in [-0.05, 0) is 24.3 Å². The van der Waals surface area contributed by atoms with Crippen LogP contribution in [0.25, 0.3) is 6.08 Å². The van der Waals surface area contributed by atoms with E-state index in [-0.39, 0.29) is 23.0 Å². The van der Waals surface area contributed by atoms with Gasteiger partial charge < -0.3 is 15.3 Å². The minimum Gasteiger partial charge on any atom is -0.508 e. The topological polar surface area (TPSA) is 77.8 Å². The second-order valence-electron chi connectivity index (χ2n) is 4.37. The van der Waals surface area contributed by atoms with Crippen LogP contribution in [0, 0.1) is 0 Å². The lowest BCUT2D eigenvalue weighted by atomic mass is 10.1. The van der Waals surface area contributed by atoms with E-state index in [1.54, 1.807) is 36.4 Å². The third-order valence-corrected chi connectivity index (χ3v) is 2.79. The number of aliphatic hydroxyl groups excluding tert-OH is 1. The number of phenolic OH excluding ortho intramolecular Hbond substituents is 2. The number of phenols is 2. The van der Waals surface area contributed by atoms with Crippen LogP contribution in [0.15, 0.2) is 72.1 Å². The highest BCUT2D eigenvalue weighted by Crippen LogP contribution is 2.23. The van der Waals surface area contributed by atoms with Crippen LogP contribution in [0.4, 0.5) is 0 Å². The fourth-order valence-corrected chi connectivity index (χ4v) is 1.72. The number of ketones is 1. The maximum Gasteiger partial charge on any atom is 0.182 e. The van der Waals surface area contributed by atoms with Gasteiger partial charge >= 0.3 is 0 Å². The van der Waals surface area contributed by atoms with Crippen molar-refractivity contribution < 1.29 is 20.1 Å². The second-order valence-corrected chi connectivity index (χ2v) is 4.37. The molecule has 0 amide bonds. The molecule has 1 aliphatic carbocycles. The van der Waals surface area contributed by atoms with E-state index in [4.69, 9.17) is 5.11 Å². The van der Waals surface area contributed by atoms with E-state index in [1.165, 1.54) is 24.3 Å². The summed E-state index contributed by atoms with van der Waals surface area (Å²) >= 11 is 0. The smallest absolute Gasteiger partial charge is 0.182 e. The molecular formula is C17H14O4. The summed E-state index contributed by atoms with van der Waals surface area (Å²) < 4.78 is 0. The maximum atomic E-state index is 11.0. The molecule has 106 valence electrons. The van der Waals surface area contributed by atoms with Crippen LogP contribution in [-0.4, -0.2) is 21.1 Å². The van der Waals surface area contributed by atoms with Crippen molar-refractivity contribution in [3.8, 4) is 11.5 Å². The number of carbonyl (C=O) groups excluding carboxylic acids is 1. The molecule has 0 spiro atoms. The Kier molecular flexibility index (Phi) is 4.41. The van der Waals surface area contributed by atoms with Crippen molar-refractivity contribution in [2.75, 3.05) is 0 Å². The van der Waals surface area contributed by atoms with Gasteiger partial charge in [0.25, 0.3) is 0 Å². The van der Waals surface area contributed by atoms with Crippen LogP contribution in [0.2, 0.25) is 0 Å². The average molecular weight is 282 g/mol. The normalized spacial score (nSPS) is 17.0. The summed E-state index contributed by atoms with van der Waals surface area (Å²) in [4.78, 5) is 11.0. The Labute approximate surface area is 122 Å². The summed E-state index contributed by atoms with van der Waals surface area (Å²) in [5, 5.41) is 28.3. The Morgan fingerprint density at radius 2 is 1.76 bits per heavy atom. The highest BCUT2D eigenvalue weighted by molar-refractivity contribution is 6.01. The first-order valence-electron chi connectivity index (χ1n) is 6.26. The quantitative estimate of drug-likeness (QED) is 0.744. The Morgan fingerprint density at radius 3 is 2.48 bits per heavy atom. The van der Waals surface area contributed by atoms with Crippen LogP contribution in [-0.2, 0) is 4.79 Å². The zero-order valence-electron chi connectivity index (χ0n) is 11.1. The number of rotatable bonds is 3. The SMILES string of the molecule is O=C1C=C/C(=C/C=C\C=C\c2ccc(O)cc2O)C(O)=C1. The summed E-state index contributed by atoms with van der Waals surface area (Å²) in [7, 11) is 0. The van der Waals surface area contributed by atoms with E-state index in [0.717, 1.165) is 6.08 Å². The molecule has 0 saturated carbocycles. The van der Waals surface area contributed by atoms with Gasteiger partial charge in [0.05, 0.1) is 0 Å². The van der Waals surface area contributed by atoms with Crippen LogP contribution < -0.4 is 0 Å². The van der Waals surface area contributed by atoms with Gasteiger partial charge in [-0.15, -0.1) is 0 Å². The minimum absolute atomic E-state index is 0.00539. The van der Waals surface area contributed by atoms with Crippen molar-refractivity contribution in [1.82, 2.24) is 0 Å². The van der Waals surface area contributed by atoms with Gasteiger partial charge in [-0.3, -0.25) is 4.79 Å². The number of carbonyl (C=O) groups is 1. The van der Waals surface area contributed by atoms with Crippen molar-refractivity contribution in [3.63, 3.8) is 0 Å². The van der Waals surface area contributed by atoms with Gasteiger partial charge in [0.15, 0.2) is 5.78 Å². The van der Waals surface area contributed by atoms with Crippen molar-refractivity contribution >= 4 is 11.9 Å². The number of hydrogen-bond donors (Lipinski definition) is 3. The van der Waals surface area contributed by atoms with E-state index in [2.05, 4.69) is 0 Å². The molecule has 1 aromatic carbocycles. The van der Waals surface area contributed by atoms with Crippen molar-refractivity contribution in [2.45, 2.75) is 0 Å². The second kappa shape index (κ2) is 6.43. The van der Waals surface area contributed by atoms with Gasteiger partial charge in [-0.2, -0.15) is 0 Å². The first-order valence-corrected chi connectivity index (χ1v) is 6.26. The van der Waals surface area contributed by atoms with Crippen LogP contribution in [0.1, 0.15) is 5.56 Å². The highest BCUT2D eigenvalue weighted by Gasteiger charge is 2.06. The van der Waals surface area contributed by atoms with E-state index in [0.29, 0.717) is 11.1 Å². The zero-order chi connectivity index (χ0) is 15.2. The molecule has 4 nitrogen and oxygen atoms in total. The molecule has 0 heterocycles. The standard InChI is InChI=1S/C17H14O4/c18-14-8-6-12(16(20)10-14)4-2-1-3-5-13-7-9-15(19)11-17(13)21/h1-11,18,20-21H/b3-1-,4-2+,13-5-. The predicted molar refractivity (Wildman–Crippen MR) is 80.9 cm³/mol. The molecule has 1 aliphatic rings. The Hall–Kier alpha value is -3.01. The molecule has 0 aromatic heterocycles. The maximum absolute atomic E-state index is 11.0. The average Bonchev–Trinajstić information content (AvgIpc) is 2.42. The molecule has 2 rings (SSSR count). The van der Waals surface area contributed by atoms with Gasteiger partial charge in [-0.25, -0.2) is 0 Å². The summed E-state index contributed by atoms with van der Waals surface area (Å²) in [5.74, 6) is -0.304. The molecule has 0 aliphatic heterocycles. The van der Waals surface area contributed by atoms with Gasteiger partial charge in [0.2, 0.25) is 0 Å². The minimum atomic E-state index is -0.240. The van der Waals surface area contributed by atoms with Gasteiger partial charge in [0.1, 0.15) is 17.3 Å². The molecule has 0 unspecified atom stereocenters. The molecular weight excluding hydrogens is 268 g/mol. The predicted octanol–water partition coefficient (Wildman–Crippen LogP) is 3.17. The van der Waals surface area contributed by atoms with Crippen LogP contribution in [0.5, 0.6) is 11.5 Å². The zero-order valence-corrected chi connectivity index (χ0v) is 11.1. The molecule has 4 heteroatoms.